The van der Waals surface area contributed by atoms with Crippen LogP contribution in [0.5, 0.6) is 0 Å². The quantitative estimate of drug-likeness (QED) is 0.788. The number of halogens is 3. The molecule has 100 valence electrons. The van der Waals surface area contributed by atoms with Crippen LogP contribution in [0.15, 0.2) is 18.3 Å². The minimum atomic E-state index is -2.67. The summed E-state index contributed by atoms with van der Waals surface area (Å²) in [4.78, 5) is 3.79. The Morgan fingerprint density at radius 3 is 2.89 bits per heavy atom. The van der Waals surface area contributed by atoms with Crippen LogP contribution in [0.25, 0.3) is 0 Å². The van der Waals surface area contributed by atoms with E-state index in [1.807, 2.05) is 0 Å². The van der Waals surface area contributed by atoms with Crippen LogP contribution >= 0.6 is 11.6 Å². The van der Waals surface area contributed by atoms with Crippen LogP contribution in [0.1, 0.15) is 30.9 Å². The lowest BCUT2D eigenvalue weighted by molar-refractivity contribution is -0.214. The summed E-state index contributed by atoms with van der Waals surface area (Å²) in [5.74, 6) is 0. The average Bonchev–Trinajstić information content (AvgIpc) is 2.38. The second-order valence-electron chi connectivity index (χ2n) is 4.07. The van der Waals surface area contributed by atoms with E-state index in [4.69, 9.17) is 21.1 Å². The van der Waals surface area contributed by atoms with Crippen LogP contribution in [0.4, 0.5) is 8.78 Å². The van der Waals surface area contributed by atoms with E-state index in [1.54, 1.807) is 6.07 Å². The summed E-state index contributed by atoms with van der Waals surface area (Å²) in [6, 6.07) is 3.05. The summed E-state index contributed by atoms with van der Waals surface area (Å²) >= 11 is 5.82. The molecule has 0 aromatic carbocycles. The van der Waals surface area contributed by atoms with Gasteiger partial charge in [-0.2, -0.15) is 0 Å². The van der Waals surface area contributed by atoms with Gasteiger partial charge in [0.1, 0.15) is 11.3 Å². The lowest BCUT2D eigenvalue weighted by atomic mass is 10.1. The molecular formula is C12H14ClF2NO2. The maximum Gasteiger partial charge on any atom is 0.268 e. The van der Waals surface area contributed by atoms with Gasteiger partial charge in [-0.25, -0.2) is 13.8 Å². The van der Waals surface area contributed by atoms with E-state index in [0.717, 1.165) is 12.8 Å². The van der Waals surface area contributed by atoms with E-state index >= 15 is 0 Å². The van der Waals surface area contributed by atoms with Gasteiger partial charge in [0.2, 0.25) is 0 Å². The van der Waals surface area contributed by atoms with E-state index < -0.39 is 18.8 Å². The van der Waals surface area contributed by atoms with Gasteiger partial charge in [-0.05, 0) is 25.3 Å². The molecule has 1 saturated heterocycles. The average molecular weight is 278 g/mol. The van der Waals surface area contributed by atoms with Gasteiger partial charge < -0.3 is 9.47 Å². The number of pyridine rings is 1. The molecule has 18 heavy (non-hydrogen) atoms. The lowest BCUT2D eigenvalue weighted by Crippen LogP contribution is -2.27. The van der Waals surface area contributed by atoms with Gasteiger partial charge in [0.15, 0.2) is 6.29 Å². The van der Waals surface area contributed by atoms with Gasteiger partial charge >= 0.3 is 0 Å². The highest BCUT2D eigenvalue weighted by molar-refractivity contribution is 6.30. The molecule has 2 unspecified atom stereocenters. The van der Waals surface area contributed by atoms with Crippen molar-refractivity contribution in [3.05, 3.63) is 29.0 Å². The number of alkyl halides is 2. The third kappa shape index (κ3) is 3.37. The summed E-state index contributed by atoms with van der Waals surface area (Å²) < 4.78 is 36.7. The lowest BCUT2D eigenvalue weighted by Gasteiger charge is -2.27. The molecule has 1 aromatic rings. The Balaban J connectivity index is 2.10. The monoisotopic (exact) mass is 277 g/mol. The standard InChI is InChI=1S/C12H14ClF2NO2/c13-11-8(4-3-6-16-11)10(12(14)15)18-9-5-1-2-7-17-9/h3-4,6,9-10,12H,1-2,5,7H2. The van der Waals surface area contributed by atoms with Crippen LogP contribution in [0.2, 0.25) is 5.15 Å². The first kappa shape index (κ1) is 13.6. The van der Waals surface area contributed by atoms with Gasteiger partial charge in [0.05, 0.1) is 0 Å². The van der Waals surface area contributed by atoms with Gasteiger partial charge in [0, 0.05) is 18.4 Å². The predicted octanol–water partition coefficient (Wildman–Crippen LogP) is 3.58. The minimum absolute atomic E-state index is 0.0404. The fraction of sp³-hybridized carbons (Fsp3) is 0.583. The van der Waals surface area contributed by atoms with Gasteiger partial charge in [-0.15, -0.1) is 0 Å². The van der Waals surface area contributed by atoms with Crippen molar-refractivity contribution in [3.8, 4) is 0 Å². The number of nitrogens with zero attached hydrogens (tertiary/aromatic N) is 1. The van der Waals surface area contributed by atoms with Crippen molar-refractivity contribution < 1.29 is 18.3 Å². The van der Waals surface area contributed by atoms with Crippen LogP contribution in [0.3, 0.4) is 0 Å². The van der Waals surface area contributed by atoms with E-state index in [-0.39, 0.29) is 10.7 Å². The largest absolute Gasteiger partial charge is 0.353 e. The van der Waals surface area contributed by atoms with Crippen molar-refractivity contribution >= 4 is 11.6 Å². The van der Waals surface area contributed by atoms with Gasteiger partial charge in [-0.3, -0.25) is 0 Å². The normalized spacial score (nSPS) is 22.1. The zero-order chi connectivity index (χ0) is 13.0. The SMILES string of the molecule is FC(F)C(OC1CCCCO1)c1cccnc1Cl. The zero-order valence-corrected chi connectivity index (χ0v) is 10.4. The maximum atomic E-state index is 13.1. The summed E-state index contributed by atoms with van der Waals surface area (Å²) in [7, 11) is 0. The van der Waals surface area contributed by atoms with Crippen molar-refractivity contribution in [1.82, 2.24) is 4.98 Å². The molecule has 1 aromatic heterocycles. The van der Waals surface area contributed by atoms with Crippen molar-refractivity contribution in [2.24, 2.45) is 0 Å². The van der Waals surface area contributed by atoms with Crippen molar-refractivity contribution in [2.45, 2.75) is 38.1 Å². The number of hydrogen-bond acceptors (Lipinski definition) is 3. The van der Waals surface area contributed by atoms with Crippen LogP contribution < -0.4 is 0 Å². The molecule has 0 radical (unpaired) electrons. The highest BCUT2D eigenvalue weighted by atomic mass is 35.5. The first-order valence-electron chi connectivity index (χ1n) is 5.84. The predicted molar refractivity (Wildman–Crippen MR) is 62.7 cm³/mol. The van der Waals surface area contributed by atoms with E-state index in [9.17, 15) is 8.78 Å². The molecular weight excluding hydrogens is 264 g/mol. The fourth-order valence-electron chi connectivity index (χ4n) is 1.86. The molecule has 1 aliphatic rings. The summed E-state index contributed by atoms with van der Waals surface area (Å²) in [5, 5.41) is 0.0404. The Hall–Kier alpha value is -0.780. The third-order valence-corrected chi connectivity index (χ3v) is 3.08. The molecule has 2 atom stereocenters. The number of ether oxygens (including phenoxy) is 2. The Labute approximate surface area is 109 Å². The number of aromatic nitrogens is 1. The Morgan fingerprint density at radius 1 is 1.44 bits per heavy atom. The summed E-state index contributed by atoms with van der Waals surface area (Å²) in [6.45, 7) is 0.543. The van der Waals surface area contributed by atoms with E-state index in [2.05, 4.69) is 4.98 Å². The highest BCUT2D eigenvalue weighted by Crippen LogP contribution is 2.32. The summed E-state index contributed by atoms with van der Waals surface area (Å²) in [5.41, 5.74) is 0.198. The van der Waals surface area contributed by atoms with Crippen molar-refractivity contribution in [3.63, 3.8) is 0 Å². The fourth-order valence-corrected chi connectivity index (χ4v) is 2.09. The smallest absolute Gasteiger partial charge is 0.268 e. The Bertz CT molecular complexity index is 386. The first-order chi connectivity index (χ1) is 8.68. The second-order valence-corrected chi connectivity index (χ2v) is 4.43. The minimum Gasteiger partial charge on any atom is -0.353 e. The molecule has 1 fully saturated rings. The van der Waals surface area contributed by atoms with Gasteiger partial charge in [0.25, 0.3) is 6.43 Å². The number of hydrogen-bond donors (Lipinski definition) is 0. The van der Waals surface area contributed by atoms with Crippen LogP contribution in [-0.2, 0) is 9.47 Å². The van der Waals surface area contributed by atoms with Crippen molar-refractivity contribution in [2.75, 3.05) is 6.61 Å². The molecule has 3 nitrogen and oxygen atoms in total. The van der Waals surface area contributed by atoms with Crippen LogP contribution in [-0.4, -0.2) is 24.3 Å². The molecule has 2 rings (SSSR count). The summed E-state index contributed by atoms with van der Waals surface area (Å²) in [6.07, 6.45) is -0.721. The molecule has 0 spiro atoms. The van der Waals surface area contributed by atoms with Gasteiger partial charge in [-0.1, -0.05) is 17.7 Å². The van der Waals surface area contributed by atoms with E-state index in [0.29, 0.717) is 13.0 Å². The van der Waals surface area contributed by atoms with E-state index in [1.165, 1.54) is 12.3 Å². The highest BCUT2D eigenvalue weighted by Gasteiger charge is 2.30. The molecule has 0 bridgehead atoms. The first-order valence-corrected chi connectivity index (χ1v) is 6.22. The molecule has 1 aliphatic heterocycles. The third-order valence-electron chi connectivity index (χ3n) is 2.76. The van der Waals surface area contributed by atoms with Crippen LogP contribution in [0, 0.1) is 0 Å². The number of rotatable bonds is 4. The zero-order valence-electron chi connectivity index (χ0n) is 9.69. The molecule has 6 heteroatoms. The molecule has 0 amide bonds. The Kier molecular flexibility index (Phi) is 4.86. The molecule has 2 heterocycles. The Morgan fingerprint density at radius 2 is 2.28 bits per heavy atom. The molecule has 0 saturated carbocycles. The topological polar surface area (TPSA) is 31.4 Å². The van der Waals surface area contributed by atoms with Crippen molar-refractivity contribution in [1.29, 1.82) is 0 Å². The molecule has 0 N–H and O–H groups in total. The second kappa shape index (κ2) is 6.41. The maximum absolute atomic E-state index is 13.1. The molecule has 0 aliphatic carbocycles.